The molecule has 0 atom stereocenters. The summed E-state index contributed by atoms with van der Waals surface area (Å²) in [7, 11) is 1.34. The Morgan fingerprint density at radius 1 is 0.885 bits per heavy atom. The molecule has 0 amide bonds. The van der Waals surface area contributed by atoms with Crippen LogP contribution in [0.4, 0.5) is 4.39 Å². The van der Waals surface area contributed by atoms with Crippen molar-refractivity contribution in [2.24, 2.45) is 0 Å². The number of rotatable bonds is 5. The minimum Gasteiger partial charge on any atom is -0.465 e. The first-order valence-corrected chi connectivity index (χ1v) is 8.70. The van der Waals surface area contributed by atoms with Crippen molar-refractivity contribution in [3.05, 3.63) is 83.7 Å². The summed E-state index contributed by atoms with van der Waals surface area (Å²) in [5.74, 6) is -0.690. The van der Waals surface area contributed by atoms with Gasteiger partial charge in [0.25, 0.3) is 0 Å². The van der Waals surface area contributed by atoms with E-state index in [-0.39, 0.29) is 5.82 Å². The molecule has 0 spiro atoms. The van der Waals surface area contributed by atoms with Gasteiger partial charge in [-0.3, -0.25) is 0 Å². The molecular weight excluding hydrogens is 327 g/mol. The van der Waals surface area contributed by atoms with Crippen LogP contribution in [0.25, 0.3) is 22.3 Å². The summed E-state index contributed by atoms with van der Waals surface area (Å²) in [5.41, 5.74) is 4.81. The number of methoxy groups -OCH3 is 1. The molecule has 0 aliphatic heterocycles. The van der Waals surface area contributed by atoms with Crippen LogP contribution in [0.3, 0.4) is 0 Å². The highest BCUT2D eigenvalue weighted by Gasteiger charge is 2.10. The van der Waals surface area contributed by atoms with Gasteiger partial charge in [-0.05, 0) is 46.9 Å². The van der Waals surface area contributed by atoms with Crippen LogP contribution in [-0.4, -0.2) is 13.1 Å². The fourth-order valence-corrected chi connectivity index (χ4v) is 2.99. The Balaban J connectivity index is 1.86. The van der Waals surface area contributed by atoms with E-state index in [4.69, 9.17) is 0 Å². The molecule has 2 nitrogen and oxygen atoms in total. The Bertz CT molecular complexity index is 896. The Morgan fingerprint density at radius 3 is 2.08 bits per heavy atom. The van der Waals surface area contributed by atoms with Crippen molar-refractivity contribution >= 4 is 5.97 Å². The van der Waals surface area contributed by atoms with E-state index >= 15 is 0 Å². The zero-order chi connectivity index (χ0) is 18.5. The predicted octanol–water partition coefficient (Wildman–Crippen LogP) is 5.90. The van der Waals surface area contributed by atoms with Crippen LogP contribution in [0.2, 0.25) is 0 Å². The molecule has 3 heteroatoms. The number of aryl methyl sites for hydroxylation is 1. The number of carbonyl (C=O) groups is 1. The van der Waals surface area contributed by atoms with E-state index < -0.39 is 5.97 Å². The first-order valence-electron chi connectivity index (χ1n) is 8.70. The summed E-state index contributed by atoms with van der Waals surface area (Å²) in [5, 5.41) is 0. The second-order valence-corrected chi connectivity index (χ2v) is 6.21. The molecule has 26 heavy (non-hydrogen) atoms. The summed E-state index contributed by atoms with van der Waals surface area (Å²) in [4.78, 5) is 11.5. The quantitative estimate of drug-likeness (QED) is 0.537. The third-order valence-electron chi connectivity index (χ3n) is 4.41. The molecule has 3 rings (SSSR count). The van der Waals surface area contributed by atoms with Crippen molar-refractivity contribution in [1.29, 1.82) is 0 Å². The van der Waals surface area contributed by atoms with Crippen LogP contribution >= 0.6 is 0 Å². The normalized spacial score (nSPS) is 10.6. The van der Waals surface area contributed by atoms with Crippen LogP contribution in [0, 0.1) is 5.82 Å². The lowest BCUT2D eigenvalue weighted by Gasteiger charge is -2.08. The number of hydrogen-bond acceptors (Lipinski definition) is 2. The first-order chi connectivity index (χ1) is 12.6. The summed E-state index contributed by atoms with van der Waals surface area (Å²) in [6.45, 7) is 2.15. The third kappa shape index (κ3) is 3.83. The Hall–Kier alpha value is -2.94. The lowest BCUT2D eigenvalue weighted by Crippen LogP contribution is -2.00. The summed E-state index contributed by atoms with van der Waals surface area (Å²) >= 11 is 0. The molecule has 0 radical (unpaired) electrons. The second kappa shape index (κ2) is 7.96. The van der Waals surface area contributed by atoms with Crippen molar-refractivity contribution < 1.29 is 13.9 Å². The highest BCUT2D eigenvalue weighted by molar-refractivity contribution is 5.90. The highest BCUT2D eigenvalue weighted by Crippen LogP contribution is 2.28. The monoisotopic (exact) mass is 348 g/mol. The van der Waals surface area contributed by atoms with Gasteiger partial charge in [-0.1, -0.05) is 61.9 Å². The minimum atomic E-state index is -0.404. The maximum atomic E-state index is 14.7. The Labute approximate surface area is 153 Å². The van der Waals surface area contributed by atoms with Crippen LogP contribution < -0.4 is 0 Å². The molecule has 0 unspecified atom stereocenters. The fraction of sp³-hybridized carbons (Fsp3) is 0.174. The molecule has 0 N–H and O–H groups in total. The summed E-state index contributed by atoms with van der Waals surface area (Å²) in [6, 6.07) is 20.2. The van der Waals surface area contributed by atoms with Gasteiger partial charge in [0.15, 0.2) is 0 Å². The van der Waals surface area contributed by atoms with E-state index in [0.717, 1.165) is 29.5 Å². The van der Waals surface area contributed by atoms with Crippen LogP contribution in [0.5, 0.6) is 0 Å². The number of benzene rings is 3. The van der Waals surface area contributed by atoms with E-state index in [1.54, 1.807) is 36.4 Å². The zero-order valence-electron chi connectivity index (χ0n) is 15.0. The van der Waals surface area contributed by atoms with Gasteiger partial charge in [0.2, 0.25) is 0 Å². The Morgan fingerprint density at radius 2 is 1.50 bits per heavy atom. The van der Waals surface area contributed by atoms with Gasteiger partial charge in [0, 0.05) is 5.56 Å². The molecule has 132 valence electrons. The van der Waals surface area contributed by atoms with E-state index in [1.165, 1.54) is 12.7 Å². The van der Waals surface area contributed by atoms with Gasteiger partial charge in [-0.25, -0.2) is 9.18 Å². The number of esters is 1. The minimum absolute atomic E-state index is 0.286. The average Bonchev–Trinajstić information content (AvgIpc) is 2.68. The Kier molecular flexibility index (Phi) is 5.47. The topological polar surface area (TPSA) is 26.3 Å². The molecule has 3 aromatic rings. The van der Waals surface area contributed by atoms with E-state index in [2.05, 4.69) is 23.8 Å². The molecule has 0 bridgehead atoms. The number of halogens is 1. The van der Waals surface area contributed by atoms with Crippen LogP contribution in [0.15, 0.2) is 66.7 Å². The third-order valence-corrected chi connectivity index (χ3v) is 4.41. The van der Waals surface area contributed by atoms with Gasteiger partial charge in [-0.15, -0.1) is 0 Å². The average molecular weight is 348 g/mol. The maximum Gasteiger partial charge on any atom is 0.337 e. The summed E-state index contributed by atoms with van der Waals surface area (Å²) < 4.78 is 19.3. The van der Waals surface area contributed by atoms with Crippen molar-refractivity contribution in [1.82, 2.24) is 0 Å². The smallest absolute Gasteiger partial charge is 0.337 e. The number of carbonyl (C=O) groups excluding carboxylic acids is 1. The molecule has 0 aromatic heterocycles. The lowest BCUT2D eigenvalue weighted by molar-refractivity contribution is 0.0601. The zero-order valence-corrected chi connectivity index (χ0v) is 15.0. The van der Waals surface area contributed by atoms with E-state index in [9.17, 15) is 9.18 Å². The maximum absolute atomic E-state index is 14.7. The van der Waals surface area contributed by atoms with Gasteiger partial charge in [0.05, 0.1) is 12.7 Å². The van der Waals surface area contributed by atoms with E-state index in [1.807, 2.05) is 18.2 Å². The molecule has 0 aliphatic carbocycles. The molecular formula is C23H21FO2. The van der Waals surface area contributed by atoms with Crippen molar-refractivity contribution in [3.8, 4) is 22.3 Å². The molecule has 0 fully saturated rings. The molecule has 0 heterocycles. The SMILES string of the molecule is CCCc1ccc(-c2ccc(-c3ccc(C(=O)OC)cc3)c(F)c2)cc1. The standard InChI is InChI=1S/C23H21FO2/c1-3-4-16-5-7-17(8-6-16)20-13-14-21(22(24)15-20)18-9-11-19(12-10-18)23(25)26-2/h5-15H,3-4H2,1-2H3. The van der Waals surface area contributed by atoms with Crippen molar-refractivity contribution in [2.75, 3.05) is 7.11 Å². The van der Waals surface area contributed by atoms with Gasteiger partial charge in [-0.2, -0.15) is 0 Å². The van der Waals surface area contributed by atoms with Crippen molar-refractivity contribution in [3.63, 3.8) is 0 Å². The molecule has 0 saturated carbocycles. The van der Waals surface area contributed by atoms with Crippen molar-refractivity contribution in [2.45, 2.75) is 19.8 Å². The molecule has 0 aliphatic rings. The number of hydrogen-bond donors (Lipinski definition) is 0. The molecule has 0 saturated heterocycles. The molecule has 3 aromatic carbocycles. The predicted molar refractivity (Wildman–Crippen MR) is 103 cm³/mol. The van der Waals surface area contributed by atoms with Crippen LogP contribution in [0.1, 0.15) is 29.3 Å². The first kappa shape index (κ1) is 17.9. The van der Waals surface area contributed by atoms with Gasteiger partial charge in [0.1, 0.15) is 5.82 Å². The number of ether oxygens (including phenoxy) is 1. The summed E-state index contributed by atoms with van der Waals surface area (Å²) in [6.07, 6.45) is 2.16. The van der Waals surface area contributed by atoms with Gasteiger partial charge < -0.3 is 4.74 Å². The fourth-order valence-electron chi connectivity index (χ4n) is 2.99. The van der Waals surface area contributed by atoms with Crippen LogP contribution in [-0.2, 0) is 11.2 Å². The van der Waals surface area contributed by atoms with Gasteiger partial charge >= 0.3 is 5.97 Å². The second-order valence-electron chi connectivity index (χ2n) is 6.21. The highest BCUT2D eigenvalue weighted by atomic mass is 19.1. The lowest BCUT2D eigenvalue weighted by atomic mass is 9.98. The van der Waals surface area contributed by atoms with E-state index in [0.29, 0.717) is 11.1 Å². The largest absolute Gasteiger partial charge is 0.465 e.